The third-order valence-corrected chi connectivity index (χ3v) is 2.52. The number of benzene rings is 1. The zero-order valence-electron chi connectivity index (χ0n) is 8.87. The number of fused-ring (bicyclic) bond motifs is 1. The van der Waals surface area contributed by atoms with E-state index in [-0.39, 0.29) is 13.2 Å². The van der Waals surface area contributed by atoms with E-state index in [1.165, 1.54) is 0 Å². The Labute approximate surface area is 97.9 Å². The van der Waals surface area contributed by atoms with E-state index in [4.69, 9.17) is 14.7 Å². The van der Waals surface area contributed by atoms with Gasteiger partial charge in [0, 0.05) is 5.46 Å². The summed E-state index contributed by atoms with van der Waals surface area (Å²) >= 11 is 0. The van der Waals surface area contributed by atoms with Crippen LogP contribution in [-0.4, -0.2) is 25.3 Å². The van der Waals surface area contributed by atoms with Gasteiger partial charge in [0.1, 0.15) is 18.4 Å². The van der Waals surface area contributed by atoms with Crippen molar-refractivity contribution in [1.82, 2.24) is 0 Å². The number of nitrogens with zero attached hydrogens (tertiary/aromatic N) is 2. The van der Waals surface area contributed by atoms with Crippen LogP contribution in [0.3, 0.4) is 0 Å². The van der Waals surface area contributed by atoms with Crippen molar-refractivity contribution in [2.75, 3.05) is 13.2 Å². The van der Waals surface area contributed by atoms with E-state index in [0.717, 1.165) is 0 Å². The van der Waals surface area contributed by atoms with Gasteiger partial charge in [-0.25, -0.2) is 0 Å². The van der Waals surface area contributed by atoms with Crippen LogP contribution in [0.4, 0.5) is 0 Å². The maximum absolute atomic E-state index is 10.2. The lowest BCUT2D eigenvalue weighted by molar-refractivity contribution is 0.198. The molecule has 1 aromatic carbocycles. The molecule has 0 bridgehead atoms. The Morgan fingerprint density at radius 1 is 1.65 bits per heavy atom. The Bertz CT molecular complexity index is 474. The predicted octanol–water partition coefficient (Wildman–Crippen LogP) is 0.114. The van der Waals surface area contributed by atoms with Crippen molar-refractivity contribution in [2.24, 2.45) is 5.18 Å². The Hall–Kier alpha value is -1.91. The Kier molecular flexibility index (Phi) is 3.37. The lowest BCUT2D eigenvalue weighted by atomic mass is 9.78. The van der Waals surface area contributed by atoms with E-state index in [0.29, 0.717) is 16.8 Å². The van der Waals surface area contributed by atoms with Crippen LogP contribution in [0.15, 0.2) is 23.4 Å². The standard InChI is InChI=1S/C10H9BN2O4/c12-4-5-16-8-3-1-2-7-9(6-13-15)17-11(14)10(7)8/h1-3,9,14H,5-6H2. The molecule has 2 rings (SSSR count). The molecule has 1 unspecified atom stereocenters. The highest BCUT2D eigenvalue weighted by Gasteiger charge is 2.37. The van der Waals surface area contributed by atoms with E-state index in [1.54, 1.807) is 18.2 Å². The largest absolute Gasteiger partial charge is 0.495 e. The van der Waals surface area contributed by atoms with Crippen molar-refractivity contribution in [3.63, 3.8) is 0 Å². The Morgan fingerprint density at radius 2 is 2.47 bits per heavy atom. The van der Waals surface area contributed by atoms with Crippen LogP contribution in [0.25, 0.3) is 0 Å². The average Bonchev–Trinajstić information content (AvgIpc) is 2.65. The van der Waals surface area contributed by atoms with E-state index in [9.17, 15) is 9.93 Å². The summed E-state index contributed by atoms with van der Waals surface area (Å²) in [7, 11) is -1.15. The van der Waals surface area contributed by atoms with Gasteiger partial charge in [0.05, 0.1) is 6.10 Å². The van der Waals surface area contributed by atoms with Gasteiger partial charge in [-0.1, -0.05) is 17.3 Å². The minimum absolute atomic E-state index is 0.0637. The fourth-order valence-electron chi connectivity index (χ4n) is 1.85. The van der Waals surface area contributed by atoms with Crippen molar-refractivity contribution in [3.05, 3.63) is 28.7 Å². The van der Waals surface area contributed by atoms with Crippen LogP contribution in [0.5, 0.6) is 5.75 Å². The summed E-state index contributed by atoms with van der Waals surface area (Å²) in [5.74, 6) is 0.393. The van der Waals surface area contributed by atoms with Gasteiger partial charge in [-0.2, -0.15) is 10.2 Å². The Morgan fingerprint density at radius 3 is 3.18 bits per heavy atom. The highest BCUT2D eigenvalue weighted by molar-refractivity contribution is 6.62. The Balaban J connectivity index is 2.34. The van der Waals surface area contributed by atoms with E-state index in [1.807, 2.05) is 6.07 Å². The van der Waals surface area contributed by atoms with Gasteiger partial charge in [-0.3, -0.25) is 0 Å². The fourth-order valence-corrected chi connectivity index (χ4v) is 1.85. The molecule has 0 fully saturated rings. The predicted molar refractivity (Wildman–Crippen MR) is 59.6 cm³/mol. The van der Waals surface area contributed by atoms with Crippen LogP contribution in [0.1, 0.15) is 11.7 Å². The van der Waals surface area contributed by atoms with Gasteiger partial charge < -0.3 is 14.4 Å². The molecule has 1 aliphatic rings. The second kappa shape index (κ2) is 4.95. The molecule has 0 saturated heterocycles. The summed E-state index contributed by atoms with van der Waals surface area (Å²) in [6, 6.07) is 6.93. The molecule has 0 saturated carbocycles. The van der Waals surface area contributed by atoms with Gasteiger partial charge in [0.25, 0.3) is 0 Å². The number of nitroso groups, excluding NO2 is 1. The SMILES string of the molecule is N#CCOc1cccc2c1B(O)OC2CN=O. The minimum Gasteiger partial charge on any atom is -0.479 e. The molecule has 17 heavy (non-hydrogen) atoms. The summed E-state index contributed by atoms with van der Waals surface area (Å²) in [5.41, 5.74) is 1.14. The maximum Gasteiger partial charge on any atom is 0.495 e. The summed E-state index contributed by atoms with van der Waals surface area (Å²) in [6.45, 7) is -0.175. The number of hydrogen-bond acceptors (Lipinski definition) is 6. The zero-order valence-corrected chi connectivity index (χ0v) is 8.87. The van der Waals surface area contributed by atoms with Crippen LogP contribution in [0, 0.1) is 16.2 Å². The highest BCUT2D eigenvalue weighted by Crippen LogP contribution is 2.27. The lowest BCUT2D eigenvalue weighted by Crippen LogP contribution is -2.30. The average molecular weight is 232 g/mol. The minimum atomic E-state index is -1.15. The molecule has 1 heterocycles. The molecule has 7 heteroatoms. The van der Waals surface area contributed by atoms with Gasteiger partial charge in [0.15, 0.2) is 6.61 Å². The number of nitriles is 1. The van der Waals surface area contributed by atoms with Gasteiger partial charge in [-0.05, 0) is 11.6 Å². The van der Waals surface area contributed by atoms with E-state index < -0.39 is 13.2 Å². The molecule has 0 radical (unpaired) electrons. The van der Waals surface area contributed by atoms with Gasteiger partial charge >= 0.3 is 7.12 Å². The summed E-state index contributed by atoms with van der Waals surface area (Å²) in [5, 5.41) is 20.9. The second-order valence-corrected chi connectivity index (χ2v) is 3.49. The first-order valence-electron chi connectivity index (χ1n) is 5.03. The third-order valence-electron chi connectivity index (χ3n) is 2.52. The molecular weight excluding hydrogens is 223 g/mol. The van der Waals surface area contributed by atoms with Gasteiger partial charge in [-0.15, -0.1) is 0 Å². The van der Waals surface area contributed by atoms with E-state index in [2.05, 4.69) is 5.18 Å². The summed E-state index contributed by atoms with van der Waals surface area (Å²) in [6.07, 6.45) is -0.553. The normalized spacial score (nSPS) is 17.4. The van der Waals surface area contributed by atoms with Crippen molar-refractivity contribution in [1.29, 1.82) is 5.26 Å². The summed E-state index contributed by atoms with van der Waals surface area (Å²) in [4.78, 5) is 10.2. The lowest BCUT2D eigenvalue weighted by Gasteiger charge is -2.08. The monoisotopic (exact) mass is 232 g/mol. The fraction of sp³-hybridized carbons (Fsp3) is 0.300. The van der Waals surface area contributed by atoms with Crippen molar-refractivity contribution in [2.45, 2.75) is 6.10 Å². The maximum atomic E-state index is 10.2. The smallest absolute Gasteiger partial charge is 0.479 e. The molecule has 1 aliphatic heterocycles. The van der Waals surface area contributed by atoms with Crippen LogP contribution >= 0.6 is 0 Å². The molecule has 1 aromatic rings. The van der Waals surface area contributed by atoms with E-state index >= 15 is 0 Å². The van der Waals surface area contributed by atoms with Crippen LogP contribution in [0.2, 0.25) is 0 Å². The second-order valence-electron chi connectivity index (χ2n) is 3.49. The molecule has 6 nitrogen and oxygen atoms in total. The van der Waals surface area contributed by atoms with Crippen LogP contribution in [-0.2, 0) is 4.65 Å². The molecular formula is C10H9BN2O4. The number of hydrogen-bond donors (Lipinski definition) is 1. The van der Waals surface area contributed by atoms with Gasteiger partial charge in [0.2, 0.25) is 0 Å². The third kappa shape index (κ3) is 2.13. The van der Waals surface area contributed by atoms with Crippen molar-refractivity contribution in [3.8, 4) is 11.8 Å². The van der Waals surface area contributed by atoms with Crippen molar-refractivity contribution < 1.29 is 14.4 Å². The molecule has 1 atom stereocenters. The quantitative estimate of drug-likeness (QED) is 0.587. The number of ether oxygens (including phenoxy) is 1. The highest BCUT2D eigenvalue weighted by atomic mass is 16.5. The van der Waals surface area contributed by atoms with Crippen LogP contribution < -0.4 is 10.2 Å². The van der Waals surface area contributed by atoms with Crippen molar-refractivity contribution >= 4 is 12.6 Å². The molecule has 0 amide bonds. The first-order chi connectivity index (χ1) is 8.27. The number of rotatable bonds is 4. The first kappa shape index (κ1) is 11.6. The molecule has 0 aromatic heterocycles. The first-order valence-corrected chi connectivity index (χ1v) is 5.03. The molecule has 1 N–H and O–H groups in total. The summed E-state index contributed by atoms with van der Waals surface area (Å²) < 4.78 is 10.4. The molecule has 0 spiro atoms. The molecule has 0 aliphatic carbocycles. The topological polar surface area (TPSA) is 91.9 Å². The zero-order chi connectivity index (χ0) is 12.3. The molecule has 86 valence electrons.